The van der Waals surface area contributed by atoms with Crippen LogP contribution in [0.5, 0.6) is 5.88 Å². The van der Waals surface area contributed by atoms with Gasteiger partial charge in [-0.05, 0) is 44.2 Å². The van der Waals surface area contributed by atoms with Gasteiger partial charge in [0.15, 0.2) is 0 Å². The summed E-state index contributed by atoms with van der Waals surface area (Å²) in [6.07, 6.45) is 8.13. The van der Waals surface area contributed by atoms with Crippen LogP contribution >= 0.6 is 0 Å². The summed E-state index contributed by atoms with van der Waals surface area (Å²) in [5, 5.41) is 14.1. The normalized spacial score (nSPS) is 14.1. The number of H-pyrrole nitrogens is 1. The molecule has 2 aromatic rings. The molecule has 1 amide bonds. The number of allylic oxidation sites excluding steroid dienone is 2. The van der Waals surface area contributed by atoms with Gasteiger partial charge in [-0.15, -0.1) is 0 Å². The summed E-state index contributed by atoms with van der Waals surface area (Å²) >= 11 is 0. The molecule has 0 fully saturated rings. The zero-order chi connectivity index (χ0) is 19.9. The third-order valence-corrected chi connectivity index (χ3v) is 4.64. The minimum absolute atomic E-state index is 0.189. The molecule has 0 spiro atoms. The molecule has 146 valence electrons. The SMILES string of the molecule is O=C(NN=Cc1c(O)n(CCC2=CCCCC2)c(=O)[nH]c1=O)c1ccccc1. The van der Waals surface area contributed by atoms with Crippen LogP contribution in [0, 0.1) is 0 Å². The summed E-state index contributed by atoms with van der Waals surface area (Å²) in [4.78, 5) is 38.2. The van der Waals surface area contributed by atoms with E-state index in [1.165, 1.54) is 12.0 Å². The molecule has 28 heavy (non-hydrogen) atoms. The number of hydrogen-bond acceptors (Lipinski definition) is 5. The molecule has 0 atom stereocenters. The van der Waals surface area contributed by atoms with Crippen LogP contribution in [-0.4, -0.2) is 26.8 Å². The van der Waals surface area contributed by atoms with Gasteiger partial charge in [0.2, 0.25) is 5.88 Å². The van der Waals surface area contributed by atoms with Crippen LogP contribution in [0.1, 0.15) is 48.0 Å². The molecule has 8 nitrogen and oxygen atoms in total. The molecule has 0 unspecified atom stereocenters. The predicted molar refractivity (Wildman–Crippen MR) is 106 cm³/mol. The number of aromatic hydroxyl groups is 1. The largest absolute Gasteiger partial charge is 0.494 e. The highest BCUT2D eigenvalue weighted by Crippen LogP contribution is 2.21. The Balaban J connectivity index is 1.75. The van der Waals surface area contributed by atoms with Gasteiger partial charge in [-0.3, -0.25) is 19.1 Å². The first-order valence-corrected chi connectivity index (χ1v) is 9.18. The highest BCUT2D eigenvalue weighted by Gasteiger charge is 2.14. The fraction of sp³-hybridized carbons (Fsp3) is 0.300. The molecule has 1 aliphatic carbocycles. The van der Waals surface area contributed by atoms with Crippen LogP contribution in [0.2, 0.25) is 0 Å². The Hall–Kier alpha value is -3.42. The molecular formula is C20H22N4O4. The molecule has 8 heteroatoms. The fourth-order valence-electron chi connectivity index (χ4n) is 3.10. The first-order valence-electron chi connectivity index (χ1n) is 9.18. The number of aromatic nitrogens is 2. The Morgan fingerprint density at radius 2 is 2.04 bits per heavy atom. The molecule has 1 aromatic heterocycles. The number of hydrogen-bond donors (Lipinski definition) is 3. The molecule has 1 aliphatic rings. The van der Waals surface area contributed by atoms with Gasteiger partial charge < -0.3 is 5.11 Å². The van der Waals surface area contributed by atoms with Gasteiger partial charge in [0, 0.05) is 12.1 Å². The van der Waals surface area contributed by atoms with Crippen molar-refractivity contribution >= 4 is 12.1 Å². The van der Waals surface area contributed by atoms with Gasteiger partial charge in [0.1, 0.15) is 5.56 Å². The monoisotopic (exact) mass is 382 g/mol. The second kappa shape index (κ2) is 8.98. The smallest absolute Gasteiger partial charge is 0.331 e. The fourth-order valence-corrected chi connectivity index (χ4v) is 3.10. The van der Waals surface area contributed by atoms with E-state index in [9.17, 15) is 19.5 Å². The van der Waals surface area contributed by atoms with Crippen molar-refractivity contribution in [1.29, 1.82) is 0 Å². The molecule has 0 saturated heterocycles. The van der Waals surface area contributed by atoms with Crippen molar-refractivity contribution in [2.24, 2.45) is 5.10 Å². The first kappa shape index (κ1) is 19.3. The number of nitrogens with one attached hydrogen (secondary N) is 2. The van der Waals surface area contributed by atoms with Crippen molar-refractivity contribution in [3.05, 3.63) is 73.9 Å². The summed E-state index contributed by atoms with van der Waals surface area (Å²) in [7, 11) is 0. The lowest BCUT2D eigenvalue weighted by atomic mass is 9.97. The zero-order valence-corrected chi connectivity index (χ0v) is 15.4. The minimum Gasteiger partial charge on any atom is -0.494 e. The average Bonchev–Trinajstić information content (AvgIpc) is 2.71. The van der Waals surface area contributed by atoms with E-state index >= 15 is 0 Å². The van der Waals surface area contributed by atoms with Gasteiger partial charge >= 0.3 is 5.69 Å². The maximum absolute atomic E-state index is 12.1. The van der Waals surface area contributed by atoms with Crippen molar-refractivity contribution in [3.63, 3.8) is 0 Å². The Labute approximate surface area is 161 Å². The Morgan fingerprint density at radius 1 is 1.25 bits per heavy atom. The number of benzene rings is 1. The van der Waals surface area contributed by atoms with E-state index in [0.717, 1.165) is 30.0 Å². The van der Waals surface area contributed by atoms with Gasteiger partial charge in [0.05, 0.1) is 6.21 Å². The van der Waals surface area contributed by atoms with Crippen molar-refractivity contribution in [2.45, 2.75) is 38.6 Å². The summed E-state index contributed by atoms with van der Waals surface area (Å²) < 4.78 is 1.11. The Morgan fingerprint density at radius 3 is 2.75 bits per heavy atom. The lowest BCUT2D eigenvalue weighted by Gasteiger charge is -2.14. The summed E-state index contributed by atoms with van der Waals surface area (Å²) in [5.74, 6) is -0.923. The Bertz CT molecular complexity index is 1020. The van der Waals surface area contributed by atoms with Gasteiger partial charge in [0.25, 0.3) is 11.5 Å². The van der Waals surface area contributed by atoms with Gasteiger partial charge in [-0.25, -0.2) is 10.2 Å². The average molecular weight is 382 g/mol. The standard InChI is InChI=1S/C20H22N4O4/c25-17(15-9-5-2-6-10-15)23-21-13-16-18(26)22-20(28)24(19(16)27)12-11-14-7-3-1-4-8-14/h2,5-7,9-10,13,27H,1,3-4,8,11-12H2,(H,23,25)(H,22,26,28). The van der Waals surface area contributed by atoms with Gasteiger partial charge in [-0.2, -0.15) is 5.10 Å². The molecule has 0 bridgehead atoms. The molecular weight excluding hydrogens is 360 g/mol. The predicted octanol–water partition coefficient (Wildman–Crippen LogP) is 1.90. The van der Waals surface area contributed by atoms with E-state index in [4.69, 9.17) is 0 Å². The van der Waals surface area contributed by atoms with Crippen molar-refractivity contribution < 1.29 is 9.90 Å². The first-order chi connectivity index (χ1) is 13.6. The highest BCUT2D eigenvalue weighted by atomic mass is 16.3. The number of rotatable bonds is 6. The van der Waals surface area contributed by atoms with Crippen LogP contribution in [0.25, 0.3) is 0 Å². The quantitative estimate of drug-likeness (QED) is 0.402. The Kier molecular flexibility index (Phi) is 6.21. The molecule has 0 saturated carbocycles. The molecule has 3 rings (SSSR count). The maximum atomic E-state index is 12.1. The summed E-state index contributed by atoms with van der Waals surface area (Å²) in [6, 6.07) is 8.45. The van der Waals surface area contributed by atoms with Crippen LogP contribution in [0.4, 0.5) is 0 Å². The number of aromatic amines is 1. The number of hydrazone groups is 1. The highest BCUT2D eigenvalue weighted by molar-refractivity contribution is 5.94. The maximum Gasteiger partial charge on any atom is 0.331 e. The number of nitrogens with zero attached hydrogens (tertiary/aromatic N) is 2. The van der Waals surface area contributed by atoms with Crippen LogP contribution < -0.4 is 16.7 Å². The number of carbonyl (C=O) groups is 1. The van der Waals surface area contributed by atoms with E-state index in [2.05, 4.69) is 21.6 Å². The second-order valence-corrected chi connectivity index (χ2v) is 6.57. The van der Waals surface area contributed by atoms with Crippen LogP contribution in [0.3, 0.4) is 0 Å². The van der Waals surface area contributed by atoms with E-state index < -0.39 is 23.0 Å². The molecule has 1 heterocycles. The minimum atomic E-state index is -0.770. The van der Waals surface area contributed by atoms with Crippen molar-refractivity contribution in [1.82, 2.24) is 15.0 Å². The lowest BCUT2D eigenvalue weighted by Crippen LogP contribution is -2.32. The second-order valence-electron chi connectivity index (χ2n) is 6.57. The van der Waals surface area contributed by atoms with E-state index in [1.807, 2.05) is 0 Å². The van der Waals surface area contributed by atoms with E-state index in [0.29, 0.717) is 12.0 Å². The van der Waals surface area contributed by atoms with E-state index in [-0.39, 0.29) is 12.1 Å². The topological polar surface area (TPSA) is 117 Å². The third-order valence-electron chi connectivity index (χ3n) is 4.64. The number of carbonyl (C=O) groups excluding carboxylic acids is 1. The summed E-state index contributed by atoms with van der Waals surface area (Å²) in [5.41, 5.74) is 2.30. The van der Waals surface area contributed by atoms with Crippen molar-refractivity contribution in [3.8, 4) is 5.88 Å². The van der Waals surface area contributed by atoms with Crippen LogP contribution in [-0.2, 0) is 6.54 Å². The summed E-state index contributed by atoms with van der Waals surface area (Å²) in [6.45, 7) is 0.254. The molecule has 0 radical (unpaired) electrons. The molecule has 0 aliphatic heterocycles. The molecule has 3 N–H and O–H groups in total. The van der Waals surface area contributed by atoms with Gasteiger partial charge in [-0.1, -0.05) is 29.8 Å². The molecule has 1 aromatic carbocycles. The van der Waals surface area contributed by atoms with E-state index in [1.54, 1.807) is 30.3 Å². The third kappa shape index (κ3) is 4.64. The zero-order valence-electron chi connectivity index (χ0n) is 15.4. The lowest BCUT2D eigenvalue weighted by molar-refractivity contribution is 0.0955. The van der Waals surface area contributed by atoms with Crippen LogP contribution in [0.15, 0.2) is 56.7 Å². The van der Waals surface area contributed by atoms with Crippen molar-refractivity contribution in [2.75, 3.05) is 0 Å². The number of amides is 1.